The number of carbonyl (C=O) groups is 1. The van der Waals surface area contributed by atoms with Crippen LogP contribution in [0.15, 0.2) is 42.5 Å². The van der Waals surface area contributed by atoms with Crippen LogP contribution in [0.5, 0.6) is 5.75 Å². The van der Waals surface area contributed by atoms with E-state index in [2.05, 4.69) is 22.8 Å². The zero-order valence-corrected chi connectivity index (χ0v) is 17.8. The van der Waals surface area contributed by atoms with Crippen LogP contribution >= 0.6 is 23.8 Å². The van der Waals surface area contributed by atoms with E-state index in [0.29, 0.717) is 27.9 Å². The number of aryl methyl sites for hydroxylation is 1. The van der Waals surface area contributed by atoms with Crippen molar-refractivity contribution in [2.75, 3.05) is 19.0 Å². The number of halogens is 1. The van der Waals surface area contributed by atoms with Crippen molar-refractivity contribution >= 4 is 40.6 Å². The normalized spacial score (nSPS) is 10.5. The maximum absolute atomic E-state index is 11.6. The Morgan fingerprint density at radius 1 is 1.18 bits per heavy atom. The van der Waals surface area contributed by atoms with E-state index in [1.165, 1.54) is 12.7 Å². The molecular formula is C21H25ClN2O3S. The molecule has 28 heavy (non-hydrogen) atoms. The number of hydrogen-bond donors (Lipinski definition) is 2. The Labute approximate surface area is 176 Å². The molecule has 5 nitrogen and oxygen atoms in total. The van der Waals surface area contributed by atoms with Gasteiger partial charge >= 0.3 is 5.97 Å². The maximum Gasteiger partial charge on any atom is 0.337 e. The lowest BCUT2D eigenvalue weighted by Crippen LogP contribution is -2.29. The molecule has 0 saturated carbocycles. The number of hydrogen-bond acceptors (Lipinski definition) is 4. The average molecular weight is 421 g/mol. The highest BCUT2D eigenvalue weighted by Gasteiger charge is 2.10. The van der Waals surface area contributed by atoms with Crippen molar-refractivity contribution in [2.45, 2.75) is 32.8 Å². The Balaban J connectivity index is 1.78. The molecular weight excluding hydrogens is 396 g/mol. The highest BCUT2D eigenvalue weighted by molar-refractivity contribution is 7.80. The summed E-state index contributed by atoms with van der Waals surface area (Å²) in [5.41, 5.74) is 2.20. The van der Waals surface area contributed by atoms with Crippen molar-refractivity contribution < 1.29 is 14.3 Å². The molecule has 2 aromatic carbocycles. The highest BCUT2D eigenvalue weighted by Crippen LogP contribution is 2.23. The third-order valence-electron chi connectivity index (χ3n) is 3.86. The molecule has 2 aromatic rings. The number of rotatable bonds is 8. The number of ether oxygens (including phenoxy) is 2. The fourth-order valence-electron chi connectivity index (χ4n) is 2.53. The first-order valence-electron chi connectivity index (χ1n) is 9.07. The minimum atomic E-state index is -0.427. The lowest BCUT2D eigenvalue weighted by molar-refractivity contribution is 0.0601. The van der Waals surface area contributed by atoms with Gasteiger partial charge in [-0.15, -0.1) is 0 Å². The van der Waals surface area contributed by atoms with E-state index < -0.39 is 5.97 Å². The van der Waals surface area contributed by atoms with E-state index in [1.54, 1.807) is 18.2 Å². The second kappa shape index (κ2) is 10.9. The molecule has 0 unspecified atom stereocenters. The van der Waals surface area contributed by atoms with Gasteiger partial charge in [0.15, 0.2) is 5.11 Å². The molecule has 0 aromatic heterocycles. The smallest absolute Gasteiger partial charge is 0.337 e. The Hall–Kier alpha value is -2.31. The molecule has 0 bridgehead atoms. The van der Waals surface area contributed by atoms with Gasteiger partial charge in [-0.25, -0.2) is 4.79 Å². The van der Waals surface area contributed by atoms with Gasteiger partial charge in [0, 0.05) is 6.54 Å². The molecule has 0 radical (unpaired) electrons. The van der Waals surface area contributed by atoms with Crippen LogP contribution in [0.3, 0.4) is 0 Å². The summed E-state index contributed by atoms with van der Waals surface area (Å²) in [5, 5.41) is 7.09. The van der Waals surface area contributed by atoms with Crippen molar-refractivity contribution in [3.63, 3.8) is 0 Å². The molecule has 0 heterocycles. The first kappa shape index (κ1) is 22.0. The molecule has 2 N–H and O–H groups in total. The number of nitrogens with one attached hydrogen (secondary N) is 2. The van der Waals surface area contributed by atoms with Crippen LogP contribution in [0.4, 0.5) is 5.69 Å². The van der Waals surface area contributed by atoms with Crippen molar-refractivity contribution in [2.24, 2.45) is 0 Å². The molecule has 7 heteroatoms. The van der Waals surface area contributed by atoms with E-state index in [9.17, 15) is 4.79 Å². The quantitative estimate of drug-likeness (QED) is 0.362. The van der Waals surface area contributed by atoms with E-state index >= 15 is 0 Å². The van der Waals surface area contributed by atoms with Gasteiger partial charge < -0.3 is 20.1 Å². The third-order valence-corrected chi connectivity index (χ3v) is 4.43. The van der Waals surface area contributed by atoms with Gasteiger partial charge in [0.25, 0.3) is 0 Å². The van der Waals surface area contributed by atoms with Crippen LogP contribution in [0.1, 0.15) is 36.2 Å². The Bertz CT molecular complexity index is 810. The summed E-state index contributed by atoms with van der Waals surface area (Å²) in [6.45, 7) is 4.73. The minimum absolute atomic E-state index is 0.172. The minimum Gasteiger partial charge on any atom is -0.491 e. The second-order valence-corrected chi connectivity index (χ2v) is 7.30. The summed E-state index contributed by atoms with van der Waals surface area (Å²) in [4.78, 5) is 11.6. The molecule has 0 aliphatic heterocycles. The number of methoxy groups -OCH3 is 1. The Morgan fingerprint density at radius 3 is 2.54 bits per heavy atom. The number of anilines is 1. The molecule has 0 aliphatic rings. The molecule has 0 fully saturated rings. The van der Waals surface area contributed by atoms with Crippen molar-refractivity contribution in [3.8, 4) is 5.75 Å². The number of esters is 1. The number of thiocarbonyl (C=S) groups is 1. The van der Waals surface area contributed by atoms with Crippen LogP contribution < -0.4 is 15.4 Å². The van der Waals surface area contributed by atoms with Crippen molar-refractivity contribution in [1.82, 2.24) is 5.32 Å². The second-order valence-electron chi connectivity index (χ2n) is 6.48. The summed E-state index contributed by atoms with van der Waals surface area (Å²) in [6.07, 6.45) is 2.02. The first-order valence-corrected chi connectivity index (χ1v) is 9.86. The van der Waals surface area contributed by atoms with Gasteiger partial charge in [-0.05, 0) is 74.8 Å². The molecule has 0 amide bonds. The lowest BCUT2D eigenvalue weighted by atomic mass is 10.1. The SMILES string of the molecule is COC(=O)c1ccc(Cl)c(NC(=S)NCCCc2ccc(OC(C)C)cc2)c1. The van der Waals surface area contributed by atoms with Gasteiger partial charge in [0.2, 0.25) is 0 Å². The molecule has 0 aliphatic carbocycles. The topological polar surface area (TPSA) is 59.6 Å². The van der Waals surface area contributed by atoms with Crippen LogP contribution in [0.2, 0.25) is 5.02 Å². The lowest BCUT2D eigenvalue weighted by Gasteiger charge is -2.13. The molecule has 0 spiro atoms. The standard InChI is InChI=1S/C21H25ClN2O3S/c1-14(2)27-17-9-6-15(7-10-17)5-4-12-23-21(28)24-19-13-16(20(25)26-3)8-11-18(19)22/h6-11,13-14H,4-5,12H2,1-3H3,(H2,23,24,28). The zero-order valence-electron chi connectivity index (χ0n) is 16.3. The number of benzene rings is 2. The van der Waals surface area contributed by atoms with Crippen LogP contribution in [0.25, 0.3) is 0 Å². The van der Waals surface area contributed by atoms with Gasteiger partial charge in [0.1, 0.15) is 5.75 Å². The van der Waals surface area contributed by atoms with Crippen molar-refractivity contribution in [1.29, 1.82) is 0 Å². The summed E-state index contributed by atoms with van der Waals surface area (Å²) in [5.74, 6) is 0.455. The molecule has 0 saturated heterocycles. The average Bonchev–Trinajstić information content (AvgIpc) is 2.67. The summed E-state index contributed by atoms with van der Waals surface area (Å²) >= 11 is 11.5. The predicted octanol–water partition coefficient (Wildman–Crippen LogP) is 4.83. The molecule has 0 atom stereocenters. The monoisotopic (exact) mass is 420 g/mol. The largest absolute Gasteiger partial charge is 0.491 e. The summed E-state index contributed by atoms with van der Waals surface area (Å²) < 4.78 is 10.4. The third kappa shape index (κ3) is 7.02. The Morgan fingerprint density at radius 2 is 1.89 bits per heavy atom. The summed E-state index contributed by atoms with van der Waals surface area (Å²) in [6, 6.07) is 13.0. The van der Waals surface area contributed by atoms with E-state index in [0.717, 1.165) is 18.6 Å². The van der Waals surface area contributed by atoms with E-state index in [4.69, 9.17) is 33.3 Å². The molecule has 150 valence electrons. The summed E-state index contributed by atoms with van der Waals surface area (Å²) in [7, 11) is 1.33. The van der Waals surface area contributed by atoms with E-state index in [1.807, 2.05) is 26.0 Å². The van der Waals surface area contributed by atoms with Gasteiger partial charge in [-0.3, -0.25) is 0 Å². The first-order chi connectivity index (χ1) is 13.4. The van der Waals surface area contributed by atoms with Gasteiger partial charge in [-0.2, -0.15) is 0 Å². The Kier molecular flexibility index (Phi) is 8.54. The maximum atomic E-state index is 11.6. The van der Waals surface area contributed by atoms with Crippen LogP contribution in [-0.4, -0.2) is 30.8 Å². The highest BCUT2D eigenvalue weighted by atomic mass is 35.5. The fraction of sp³-hybridized carbons (Fsp3) is 0.333. The van der Waals surface area contributed by atoms with E-state index in [-0.39, 0.29) is 6.10 Å². The van der Waals surface area contributed by atoms with Gasteiger partial charge in [0.05, 0.1) is 29.5 Å². The number of carbonyl (C=O) groups excluding carboxylic acids is 1. The zero-order chi connectivity index (χ0) is 20.5. The van der Waals surface area contributed by atoms with Crippen LogP contribution in [-0.2, 0) is 11.2 Å². The molecule has 2 rings (SSSR count). The fourth-order valence-corrected chi connectivity index (χ4v) is 2.91. The van der Waals surface area contributed by atoms with Crippen molar-refractivity contribution in [3.05, 3.63) is 58.6 Å². The van der Waals surface area contributed by atoms with Gasteiger partial charge in [-0.1, -0.05) is 23.7 Å². The predicted molar refractivity (Wildman–Crippen MR) is 118 cm³/mol. The van der Waals surface area contributed by atoms with Crippen LogP contribution in [0, 0.1) is 0 Å².